The molecule has 2 N–H and O–H groups in total. The van der Waals surface area contributed by atoms with E-state index in [1.807, 2.05) is 32.3 Å². The predicted octanol–water partition coefficient (Wildman–Crippen LogP) is 2.81. The molecule has 0 fully saturated rings. The van der Waals surface area contributed by atoms with Crippen molar-refractivity contribution in [3.63, 3.8) is 0 Å². The van der Waals surface area contributed by atoms with Crippen molar-refractivity contribution in [2.75, 3.05) is 13.2 Å². The van der Waals surface area contributed by atoms with Crippen molar-refractivity contribution in [2.24, 2.45) is 0 Å². The number of aliphatic hydroxyl groups is 1. The number of quaternary nitrogens is 1. The molecule has 1 aliphatic rings. The van der Waals surface area contributed by atoms with Crippen molar-refractivity contribution in [3.05, 3.63) is 54.4 Å². The summed E-state index contributed by atoms with van der Waals surface area (Å²) in [6.45, 7) is 10.2. The Bertz CT molecular complexity index is 510. The average molecular weight is 303 g/mol. The molecule has 1 aromatic carbocycles. The maximum Gasteiger partial charge on any atom is 0.276 e. The number of nitrogens with zero attached hydrogens (tertiary/aromatic N) is 1. The molecule has 120 valence electrons. The molecule has 0 amide bonds. The molecule has 2 unspecified atom stereocenters. The van der Waals surface area contributed by atoms with Gasteiger partial charge in [0.25, 0.3) is 6.35 Å². The fourth-order valence-electron chi connectivity index (χ4n) is 2.70. The van der Waals surface area contributed by atoms with Crippen molar-refractivity contribution in [1.82, 2.24) is 5.32 Å². The molecule has 4 heteroatoms. The van der Waals surface area contributed by atoms with E-state index in [1.54, 1.807) is 0 Å². The van der Waals surface area contributed by atoms with E-state index in [0.29, 0.717) is 11.1 Å². The molecular weight excluding hydrogens is 276 g/mol. The van der Waals surface area contributed by atoms with Gasteiger partial charge in [-0.15, -0.1) is 0 Å². The van der Waals surface area contributed by atoms with Crippen LogP contribution in [0.15, 0.2) is 43.2 Å². The van der Waals surface area contributed by atoms with Gasteiger partial charge in [0.1, 0.15) is 12.7 Å². The summed E-state index contributed by atoms with van der Waals surface area (Å²) >= 11 is 0. The second-order valence-corrected chi connectivity index (χ2v) is 6.06. The lowest BCUT2D eigenvalue weighted by Crippen LogP contribution is -2.52. The van der Waals surface area contributed by atoms with Crippen LogP contribution in [0.5, 0.6) is 0 Å². The summed E-state index contributed by atoms with van der Waals surface area (Å²) in [4.78, 5) is 0. The van der Waals surface area contributed by atoms with Crippen LogP contribution in [-0.4, -0.2) is 35.2 Å². The van der Waals surface area contributed by atoms with Gasteiger partial charge >= 0.3 is 0 Å². The number of benzene rings is 1. The molecule has 1 aromatic rings. The third kappa shape index (κ3) is 4.19. The lowest BCUT2D eigenvalue weighted by Gasteiger charge is -2.34. The molecule has 0 aliphatic carbocycles. The van der Waals surface area contributed by atoms with Gasteiger partial charge in [0.2, 0.25) is 0 Å². The molecule has 4 nitrogen and oxygen atoms in total. The van der Waals surface area contributed by atoms with Gasteiger partial charge in [0.05, 0.1) is 25.5 Å². The van der Waals surface area contributed by atoms with E-state index in [2.05, 4.69) is 36.2 Å². The second-order valence-electron chi connectivity index (χ2n) is 6.06. The van der Waals surface area contributed by atoms with Crippen LogP contribution in [0.25, 0.3) is 6.08 Å². The van der Waals surface area contributed by atoms with Crippen molar-refractivity contribution in [3.8, 4) is 0 Å². The van der Waals surface area contributed by atoms with E-state index in [1.165, 1.54) is 5.56 Å². The zero-order valence-electron chi connectivity index (χ0n) is 13.5. The number of aliphatic hydroxyl groups excluding tert-OH is 1. The van der Waals surface area contributed by atoms with Crippen LogP contribution in [0.4, 0.5) is 0 Å². The largest absolute Gasteiger partial charge is 0.379 e. The first-order valence-electron chi connectivity index (χ1n) is 7.87. The van der Waals surface area contributed by atoms with Gasteiger partial charge in [-0.2, -0.15) is 0 Å². The number of rotatable bonds is 8. The molecular formula is C18H27N2O2+. The zero-order valence-corrected chi connectivity index (χ0v) is 13.5. The fraction of sp³-hybridized carbons (Fsp3) is 0.444. The average Bonchev–Trinajstić information content (AvgIpc) is 2.85. The molecule has 2 atom stereocenters. The van der Waals surface area contributed by atoms with Gasteiger partial charge in [-0.25, -0.2) is 4.48 Å². The molecule has 22 heavy (non-hydrogen) atoms. The predicted molar refractivity (Wildman–Crippen MR) is 89.4 cm³/mol. The van der Waals surface area contributed by atoms with Crippen LogP contribution < -0.4 is 5.32 Å². The summed E-state index contributed by atoms with van der Waals surface area (Å²) in [5.41, 5.74) is 2.30. The van der Waals surface area contributed by atoms with Gasteiger partial charge in [-0.05, 0) is 19.4 Å². The maximum atomic E-state index is 10.4. The second kappa shape index (κ2) is 7.58. The van der Waals surface area contributed by atoms with Crippen LogP contribution in [0.1, 0.15) is 31.4 Å². The Morgan fingerprint density at radius 3 is 2.64 bits per heavy atom. The Hall–Kier alpha value is -1.62. The summed E-state index contributed by atoms with van der Waals surface area (Å²) < 4.78 is 6.11. The van der Waals surface area contributed by atoms with Gasteiger partial charge in [-0.3, -0.25) is 0 Å². The number of hydrogen-bond donors (Lipinski definition) is 2. The standard InChI is InChI=1S/C18H27N2O2/c1-4-16-6-8-17(9-7-16)14-20(12-10-19-18(20)21)11-5-13-22-15(2)3/h4,6-10,12,15,18-19,21H,1,5,11,13-14H2,2-3H3/q+1. The first-order chi connectivity index (χ1) is 10.6. The minimum atomic E-state index is -0.599. The maximum absolute atomic E-state index is 10.4. The topological polar surface area (TPSA) is 41.5 Å². The molecule has 0 radical (unpaired) electrons. The lowest BCUT2D eigenvalue weighted by molar-refractivity contribution is -0.935. The minimum Gasteiger partial charge on any atom is -0.379 e. The smallest absolute Gasteiger partial charge is 0.276 e. The van der Waals surface area contributed by atoms with Crippen molar-refractivity contribution in [1.29, 1.82) is 0 Å². The van der Waals surface area contributed by atoms with Crippen LogP contribution in [0.3, 0.4) is 0 Å². The summed E-state index contributed by atoms with van der Waals surface area (Å²) in [5.74, 6) is 0. The van der Waals surface area contributed by atoms with Crippen LogP contribution in [0, 0.1) is 0 Å². The Morgan fingerprint density at radius 1 is 1.36 bits per heavy atom. The fourth-order valence-corrected chi connectivity index (χ4v) is 2.70. The third-order valence-corrected chi connectivity index (χ3v) is 3.97. The van der Waals surface area contributed by atoms with Gasteiger partial charge in [-0.1, -0.05) is 36.9 Å². The zero-order chi connectivity index (χ0) is 16.0. The molecule has 1 heterocycles. The van der Waals surface area contributed by atoms with E-state index in [0.717, 1.165) is 25.1 Å². The number of hydrogen-bond acceptors (Lipinski definition) is 3. The lowest BCUT2D eigenvalue weighted by atomic mass is 10.1. The van der Waals surface area contributed by atoms with E-state index in [9.17, 15) is 5.11 Å². The SMILES string of the molecule is C=Cc1ccc(C[N+]2(CCCOC(C)C)C=CNC2O)cc1. The molecule has 2 rings (SSSR count). The molecule has 0 spiro atoms. The molecule has 0 saturated carbocycles. The van der Waals surface area contributed by atoms with E-state index >= 15 is 0 Å². The van der Waals surface area contributed by atoms with E-state index < -0.39 is 6.35 Å². The van der Waals surface area contributed by atoms with Gasteiger partial charge < -0.3 is 15.2 Å². The third-order valence-electron chi connectivity index (χ3n) is 3.97. The van der Waals surface area contributed by atoms with Crippen LogP contribution in [0.2, 0.25) is 0 Å². The Labute approximate surface area is 133 Å². The minimum absolute atomic E-state index is 0.247. The van der Waals surface area contributed by atoms with E-state index in [4.69, 9.17) is 4.74 Å². The Balaban J connectivity index is 2.02. The highest BCUT2D eigenvalue weighted by molar-refractivity contribution is 5.47. The van der Waals surface area contributed by atoms with Crippen molar-refractivity contribution >= 4 is 6.08 Å². The summed E-state index contributed by atoms with van der Waals surface area (Å²) in [6.07, 6.45) is 6.28. The Kier molecular flexibility index (Phi) is 5.77. The summed E-state index contributed by atoms with van der Waals surface area (Å²) in [7, 11) is 0. The number of nitrogens with one attached hydrogen (secondary N) is 1. The van der Waals surface area contributed by atoms with E-state index in [-0.39, 0.29) is 6.10 Å². The first-order valence-corrected chi connectivity index (χ1v) is 7.87. The molecule has 0 bridgehead atoms. The molecule has 1 aliphatic heterocycles. The highest BCUT2D eigenvalue weighted by atomic mass is 16.5. The van der Waals surface area contributed by atoms with Gasteiger partial charge in [0.15, 0.2) is 0 Å². The first kappa shape index (κ1) is 16.7. The van der Waals surface area contributed by atoms with Crippen molar-refractivity contribution < 1.29 is 14.3 Å². The summed E-state index contributed by atoms with van der Waals surface area (Å²) in [5, 5.41) is 13.3. The monoisotopic (exact) mass is 303 g/mol. The van der Waals surface area contributed by atoms with Crippen LogP contribution in [-0.2, 0) is 11.3 Å². The van der Waals surface area contributed by atoms with Gasteiger partial charge in [0, 0.05) is 12.0 Å². The Morgan fingerprint density at radius 2 is 2.09 bits per heavy atom. The molecule has 0 saturated heterocycles. The molecule has 0 aromatic heterocycles. The quantitative estimate of drug-likeness (QED) is 0.573. The highest BCUT2D eigenvalue weighted by Gasteiger charge is 2.37. The number of ether oxygens (including phenoxy) is 1. The van der Waals surface area contributed by atoms with Crippen LogP contribution >= 0.6 is 0 Å². The summed E-state index contributed by atoms with van der Waals surface area (Å²) in [6, 6.07) is 8.31. The highest BCUT2D eigenvalue weighted by Crippen LogP contribution is 2.23. The normalized spacial score (nSPS) is 23.7. The van der Waals surface area contributed by atoms with Crippen molar-refractivity contribution in [2.45, 2.75) is 39.3 Å².